The van der Waals surface area contributed by atoms with E-state index >= 15 is 0 Å². The number of nitrogens with zero attached hydrogens (tertiary/aromatic N) is 4. The monoisotopic (exact) mass is 316 g/mol. The van der Waals surface area contributed by atoms with Gasteiger partial charge in [0.1, 0.15) is 5.69 Å². The number of ketones is 1. The SMILES string of the molecule is Cn1nnc(Br)c1C(=O)c1cccc2cccnc12. The van der Waals surface area contributed by atoms with Crippen molar-refractivity contribution in [2.24, 2.45) is 7.05 Å². The van der Waals surface area contributed by atoms with E-state index in [2.05, 4.69) is 31.2 Å². The van der Waals surface area contributed by atoms with Crippen molar-refractivity contribution in [3.63, 3.8) is 0 Å². The van der Waals surface area contributed by atoms with Crippen molar-refractivity contribution >= 4 is 32.6 Å². The number of carbonyl (C=O) groups excluding carboxylic acids is 1. The van der Waals surface area contributed by atoms with Crippen LogP contribution in [0.5, 0.6) is 0 Å². The Morgan fingerprint density at radius 2 is 2.05 bits per heavy atom. The van der Waals surface area contributed by atoms with Crippen LogP contribution in [0.25, 0.3) is 10.9 Å². The van der Waals surface area contributed by atoms with Gasteiger partial charge in [-0.25, -0.2) is 4.68 Å². The molecule has 0 fully saturated rings. The summed E-state index contributed by atoms with van der Waals surface area (Å²) in [5.41, 5.74) is 1.64. The fourth-order valence-electron chi connectivity index (χ4n) is 1.99. The number of hydrogen-bond acceptors (Lipinski definition) is 4. The van der Waals surface area contributed by atoms with E-state index in [1.807, 2.05) is 24.3 Å². The van der Waals surface area contributed by atoms with Gasteiger partial charge in [-0.15, -0.1) is 5.10 Å². The summed E-state index contributed by atoms with van der Waals surface area (Å²) in [5.74, 6) is -0.149. The third kappa shape index (κ3) is 1.94. The number of para-hydroxylation sites is 1. The van der Waals surface area contributed by atoms with Crippen LogP contribution in [0.2, 0.25) is 0 Å². The van der Waals surface area contributed by atoms with Gasteiger partial charge in [0.15, 0.2) is 4.60 Å². The average molecular weight is 317 g/mol. The van der Waals surface area contributed by atoms with Gasteiger partial charge in [0.05, 0.1) is 11.1 Å². The van der Waals surface area contributed by atoms with Gasteiger partial charge in [0.25, 0.3) is 0 Å². The van der Waals surface area contributed by atoms with Crippen LogP contribution < -0.4 is 0 Å². The molecule has 0 aliphatic heterocycles. The number of aryl methyl sites for hydroxylation is 1. The molecule has 5 nitrogen and oxygen atoms in total. The average Bonchev–Trinajstić information content (AvgIpc) is 2.77. The van der Waals surface area contributed by atoms with E-state index in [1.165, 1.54) is 4.68 Å². The Labute approximate surface area is 117 Å². The summed E-state index contributed by atoms with van der Waals surface area (Å²) in [7, 11) is 1.68. The molecule has 2 heterocycles. The molecule has 0 saturated carbocycles. The van der Waals surface area contributed by atoms with Crippen LogP contribution in [-0.4, -0.2) is 25.8 Å². The van der Waals surface area contributed by atoms with Gasteiger partial charge in [0.2, 0.25) is 5.78 Å². The summed E-state index contributed by atoms with van der Waals surface area (Å²) in [6.45, 7) is 0. The van der Waals surface area contributed by atoms with Gasteiger partial charge < -0.3 is 0 Å². The zero-order valence-electron chi connectivity index (χ0n) is 10.0. The minimum absolute atomic E-state index is 0.149. The molecule has 3 rings (SSSR count). The lowest BCUT2D eigenvalue weighted by molar-refractivity contribution is 0.103. The molecule has 0 radical (unpaired) electrons. The van der Waals surface area contributed by atoms with Crippen LogP contribution in [0.15, 0.2) is 41.1 Å². The molecule has 6 heteroatoms. The molecule has 94 valence electrons. The Bertz CT molecular complexity index is 756. The van der Waals surface area contributed by atoms with E-state index in [0.29, 0.717) is 21.4 Å². The van der Waals surface area contributed by atoms with Crippen LogP contribution in [-0.2, 0) is 7.05 Å². The lowest BCUT2D eigenvalue weighted by Gasteiger charge is -2.04. The van der Waals surface area contributed by atoms with Crippen molar-refractivity contribution < 1.29 is 4.79 Å². The lowest BCUT2D eigenvalue weighted by atomic mass is 10.0. The van der Waals surface area contributed by atoms with E-state index in [1.54, 1.807) is 19.3 Å². The molecule has 0 atom stereocenters. The third-order valence-electron chi connectivity index (χ3n) is 2.88. The number of carbonyl (C=O) groups is 1. The maximum absolute atomic E-state index is 12.6. The van der Waals surface area contributed by atoms with E-state index in [-0.39, 0.29) is 5.78 Å². The second kappa shape index (κ2) is 4.55. The highest BCUT2D eigenvalue weighted by Crippen LogP contribution is 2.22. The molecule has 0 aliphatic rings. The highest BCUT2D eigenvalue weighted by Gasteiger charge is 2.20. The molecule has 0 unspecified atom stereocenters. The molecular formula is C13H9BrN4O. The zero-order valence-corrected chi connectivity index (χ0v) is 11.6. The maximum Gasteiger partial charge on any atom is 0.216 e. The van der Waals surface area contributed by atoms with Crippen molar-refractivity contribution in [3.8, 4) is 0 Å². The largest absolute Gasteiger partial charge is 0.287 e. The van der Waals surface area contributed by atoms with Crippen LogP contribution in [0, 0.1) is 0 Å². The van der Waals surface area contributed by atoms with Gasteiger partial charge in [-0.1, -0.05) is 23.4 Å². The number of benzene rings is 1. The Hall–Kier alpha value is -2.08. The van der Waals surface area contributed by atoms with Crippen molar-refractivity contribution in [1.82, 2.24) is 20.0 Å². The van der Waals surface area contributed by atoms with E-state index in [4.69, 9.17) is 0 Å². The fraction of sp³-hybridized carbons (Fsp3) is 0.0769. The molecule has 0 bridgehead atoms. The standard InChI is InChI=1S/C13H9BrN4O/c1-18-11(13(14)16-17-18)12(19)9-6-2-4-8-5-3-7-15-10(8)9/h2-7H,1H3. The van der Waals surface area contributed by atoms with Gasteiger partial charge in [0, 0.05) is 18.6 Å². The van der Waals surface area contributed by atoms with Crippen molar-refractivity contribution in [2.45, 2.75) is 0 Å². The third-order valence-corrected chi connectivity index (χ3v) is 3.41. The van der Waals surface area contributed by atoms with Crippen LogP contribution >= 0.6 is 15.9 Å². The molecule has 0 saturated heterocycles. The smallest absolute Gasteiger partial charge is 0.216 e. The van der Waals surface area contributed by atoms with Crippen LogP contribution in [0.4, 0.5) is 0 Å². The molecular weight excluding hydrogens is 308 g/mol. The minimum atomic E-state index is -0.149. The molecule has 1 aromatic carbocycles. The number of aromatic nitrogens is 4. The fourth-order valence-corrected chi connectivity index (χ4v) is 2.50. The quantitative estimate of drug-likeness (QED) is 0.681. The summed E-state index contributed by atoms with van der Waals surface area (Å²) < 4.78 is 1.89. The molecule has 0 spiro atoms. The van der Waals surface area contributed by atoms with Crippen LogP contribution in [0.3, 0.4) is 0 Å². The first-order valence-electron chi connectivity index (χ1n) is 5.62. The van der Waals surface area contributed by atoms with E-state index < -0.39 is 0 Å². The second-order valence-corrected chi connectivity index (χ2v) is 4.81. The second-order valence-electron chi connectivity index (χ2n) is 4.06. The van der Waals surface area contributed by atoms with E-state index in [0.717, 1.165) is 5.39 Å². The minimum Gasteiger partial charge on any atom is -0.287 e. The zero-order chi connectivity index (χ0) is 13.4. The predicted octanol–water partition coefficient (Wildman–Crippen LogP) is 2.36. The summed E-state index contributed by atoms with van der Waals surface area (Å²) in [4.78, 5) is 16.9. The number of fused-ring (bicyclic) bond motifs is 1. The Morgan fingerprint density at radius 1 is 1.26 bits per heavy atom. The molecule has 0 aliphatic carbocycles. The van der Waals surface area contributed by atoms with Crippen LogP contribution in [0.1, 0.15) is 16.1 Å². The van der Waals surface area contributed by atoms with Crippen molar-refractivity contribution in [2.75, 3.05) is 0 Å². The number of pyridine rings is 1. The summed E-state index contributed by atoms with van der Waals surface area (Å²) in [6.07, 6.45) is 1.68. The lowest BCUT2D eigenvalue weighted by Crippen LogP contribution is -2.09. The predicted molar refractivity (Wildman–Crippen MR) is 73.9 cm³/mol. The maximum atomic E-state index is 12.6. The molecule has 2 aromatic heterocycles. The summed E-state index contributed by atoms with van der Waals surface area (Å²) >= 11 is 3.24. The van der Waals surface area contributed by atoms with Gasteiger partial charge >= 0.3 is 0 Å². The van der Waals surface area contributed by atoms with Crippen molar-refractivity contribution in [3.05, 3.63) is 52.4 Å². The Morgan fingerprint density at radius 3 is 2.79 bits per heavy atom. The number of rotatable bonds is 2. The first-order chi connectivity index (χ1) is 9.18. The Balaban J connectivity index is 2.23. The van der Waals surface area contributed by atoms with Crippen molar-refractivity contribution in [1.29, 1.82) is 0 Å². The first kappa shape index (κ1) is 12.0. The first-order valence-corrected chi connectivity index (χ1v) is 6.41. The molecule has 0 N–H and O–H groups in total. The van der Waals surface area contributed by atoms with E-state index in [9.17, 15) is 4.79 Å². The van der Waals surface area contributed by atoms with Gasteiger partial charge in [-0.05, 0) is 28.1 Å². The molecule has 3 aromatic rings. The molecule has 0 amide bonds. The Kier molecular flexibility index (Phi) is 2.87. The molecule has 19 heavy (non-hydrogen) atoms. The normalized spacial score (nSPS) is 10.8. The van der Waals surface area contributed by atoms with Gasteiger partial charge in [-0.3, -0.25) is 9.78 Å². The highest BCUT2D eigenvalue weighted by atomic mass is 79.9. The number of hydrogen-bond donors (Lipinski definition) is 0. The topological polar surface area (TPSA) is 60.7 Å². The number of halogens is 1. The van der Waals surface area contributed by atoms with Gasteiger partial charge in [-0.2, -0.15) is 0 Å². The summed E-state index contributed by atoms with van der Waals surface area (Å²) in [5, 5.41) is 8.58. The highest BCUT2D eigenvalue weighted by molar-refractivity contribution is 9.10. The summed E-state index contributed by atoms with van der Waals surface area (Å²) in [6, 6.07) is 9.30.